The SMILES string of the molecule is CCOC(=O)N1CCc2c(cncc2C(=O)Nc2ccc3c(c2)nc(C)n3C)C1. The van der Waals surface area contributed by atoms with Crippen LogP contribution >= 0.6 is 0 Å². The summed E-state index contributed by atoms with van der Waals surface area (Å²) in [7, 11) is 1.96. The standard InChI is InChI=1S/C21H23N5O3/c1-4-29-21(28)26-8-7-16-14(12-26)10-22-11-17(16)20(27)24-15-5-6-19-18(9-15)23-13(2)25(19)3/h5-6,9-11H,4,7-8,12H2,1-3H3,(H,24,27). The fourth-order valence-corrected chi connectivity index (χ4v) is 3.66. The van der Waals surface area contributed by atoms with Crippen LogP contribution < -0.4 is 5.32 Å². The van der Waals surface area contributed by atoms with Gasteiger partial charge in [0.2, 0.25) is 0 Å². The molecular weight excluding hydrogens is 370 g/mol. The molecule has 4 rings (SSSR count). The maximum Gasteiger partial charge on any atom is 0.410 e. The summed E-state index contributed by atoms with van der Waals surface area (Å²) >= 11 is 0. The molecule has 1 N–H and O–H groups in total. The number of carbonyl (C=O) groups is 2. The van der Waals surface area contributed by atoms with Gasteiger partial charge in [0.25, 0.3) is 5.91 Å². The van der Waals surface area contributed by atoms with Gasteiger partial charge in [-0.1, -0.05) is 0 Å². The third kappa shape index (κ3) is 3.53. The molecule has 2 amide bonds. The van der Waals surface area contributed by atoms with Gasteiger partial charge in [-0.05, 0) is 49.6 Å². The molecule has 0 unspecified atom stereocenters. The monoisotopic (exact) mass is 393 g/mol. The molecule has 0 spiro atoms. The Hall–Kier alpha value is -3.42. The Morgan fingerprint density at radius 1 is 1.28 bits per heavy atom. The zero-order valence-electron chi connectivity index (χ0n) is 16.7. The first-order valence-electron chi connectivity index (χ1n) is 9.59. The highest BCUT2D eigenvalue weighted by molar-refractivity contribution is 6.06. The number of aromatic nitrogens is 3. The molecule has 8 heteroatoms. The molecule has 3 heterocycles. The van der Waals surface area contributed by atoms with Crippen molar-refractivity contribution in [1.82, 2.24) is 19.4 Å². The van der Waals surface area contributed by atoms with Gasteiger partial charge in [-0.15, -0.1) is 0 Å². The van der Waals surface area contributed by atoms with Crippen LogP contribution in [-0.2, 0) is 24.8 Å². The van der Waals surface area contributed by atoms with Gasteiger partial charge in [0, 0.05) is 31.7 Å². The molecule has 0 fully saturated rings. The Bertz CT molecular complexity index is 1110. The fourth-order valence-electron chi connectivity index (χ4n) is 3.66. The maximum absolute atomic E-state index is 12.9. The van der Waals surface area contributed by atoms with Crippen LogP contribution in [-0.4, -0.2) is 44.6 Å². The van der Waals surface area contributed by atoms with E-state index < -0.39 is 0 Å². The molecular formula is C21H23N5O3. The molecule has 1 aliphatic rings. The normalized spacial score (nSPS) is 13.3. The van der Waals surface area contributed by atoms with Crippen LogP contribution in [0.5, 0.6) is 0 Å². The molecule has 0 saturated carbocycles. The lowest BCUT2D eigenvalue weighted by atomic mass is 9.97. The number of hydrogen-bond donors (Lipinski definition) is 1. The third-order valence-corrected chi connectivity index (χ3v) is 5.27. The van der Waals surface area contributed by atoms with Crippen molar-refractivity contribution in [2.24, 2.45) is 7.05 Å². The first-order valence-corrected chi connectivity index (χ1v) is 9.59. The smallest absolute Gasteiger partial charge is 0.410 e. The molecule has 0 saturated heterocycles. The molecule has 1 aromatic carbocycles. The van der Waals surface area contributed by atoms with Gasteiger partial charge >= 0.3 is 6.09 Å². The molecule has 2 aromatic heterocycles. The number of ether oxygens (including phenoxy) is 1. The summed E-state index contributed by atoms with van der Waals surface area (Å²) in [4.78, 5) is 35.3. The molecule has 29 heavy (non-hydrogen) atoms. The highest BCUT2D eigenvalue weighted by Gasteiger charge is 2.25. The van der Waals surface area contributed by atoms with Crippen molar-refractivity contribution in [3.05, 3.63) is 53.1 Å². The Kier molecular flexibility index (Phi) is 4.92. The topological polar surface area (TPSA) is 89.3 Å². The number of imidazole rings is 1. The molecule has 0 aliphatic carbocycles. The number of hydrogen-bond acceptors (Lipinski definition) is 5. The van der Waals surface area contributed by atoms with Crippen LogP contribution in [0.25, 0.3) is 11.0 Å². The predicted molar refractivity (Wildman–Crippen MR) is 109 cm³/mol. The van der Waals surface area contributed by atoms with Crippen molar-refractivity contribution >= 4 is 28.7 Å². The average Bonchev–Trinajstić information content (AvgIpc) is 3.00. The number of benzene rings is 1. The largest absolute Gasteiger partial charge is 0.450 e. The number of rotatable bonds is 3. The third-order valence-electron chi connectivity index (χ3n) is 5.27. The van der Waals surface area contributed by atoms with Gasteiger partial charge in [-0.25, -0.2) is 9.78 Å². The van der Waals surface area contributed by atoms with E-state index in [0.29, 0.717) is 37.4 Å². The highest BCUT2D eigenvalue weighted by atomic mass is 16.6. The zero-order valence-corrected chi connectivity index (χ0v) is 16.7. The van der Waals surface area contributed by atoms with E-state index in [1.807, 2.05) is 36.7 Å². The lowest BCUT2D eigenvalue weighted by Crippen LogP contribution is -2.37. The lowest BCUT2D eigenvalue weighted by molar-refractivity contribution is 0.101. The number of anilines is 1. The number of nitrogens with zero attached hydrogens (tertiary/aromatic N) is 4. The minimum atomic E-state index is -0.341. The minimum absolute atomic E-state index is 0.217. The van der Waals surface area contributed by atoms with Gasteiger partial charge in [-0.3, -0.25) is 9.78 Å². The number of fused-ring (bicyclic) bond motifs is 2. The van der Waals surface area contributed by atoms with Crippen molar-refractivity contribution in [2.75, 3.05) is 18.5 Å². The summed E-state index contributed by atoms with van der Waals surface area (Å²) in [5.74, 6) is 0.696. The Morgan fingerprint density at radius 2 is 2.10 bits per heavy atom. The second-order valence-corrected chi connectivity index (χ2v) is 7.07. The summed E-state index contributed by atoms with van der Waals surface area (Å²) in [5.41, 5.74) is 4.85. The average molecular weight is 393 g/mol. The number of aryl methyl sites for hydroxylation is 2. The van der Waals surface area contributed by atoms with Gasteiger partial charge < -0.3 is 19.5 Å². The van der Waals surface area contributed by atoms with E-state index >= 15 is 0 Å². The second kappa shape index (κ2) is 7.54. The summed E-state index contributed by atoms with van der Waals surface area (Å²) in [6, 6.07) is 5.68. The number of pyridine rings is 1. The second-order valence-electron chi connectivity index (χ2n) is 7.07. The summed E-state index contributed by atoms with van der Waals surface area (Å²) in [6.07, 6.45) is 3.53. The Labute approximate surface area is 168 Å². The number of amides is 2. The first kappa shape index (κ1) is 18.9. The van der Waals surface area contributed by atoms with Gasteiger partial charge in [0.1, 0.15) is 5.82 Å². The molecule has 150 valence electrons. The molecule has 3 aromatic rings. The van der Waals surface area contributed by atoms with E-state index in [0.717, 1.165) is 28.0 Å². The van der Waals surface area contributed by atoms with Crippen molar-refractivity contribution < 1.29 is 14.3 Å². The van der Waals surface area contributed by atoms with Crippen LogP contribution in [0.3, 0.4) is 0 Å². The summed E-state index contributed by atoms with van der Waals surface area (Å²) in [6.45, 7) is 4.96. The van der Waals surface area contributed by atoms with E-state index in [9.17, 15) is 9.59 Å². The van der Waals surface area contributed by atoms with Crippen molar-refractivity contribution in [3.63, 3.8) is 0 Å². The van der Waals surface area contributed by atoms with Crippen molar-refractivity contribution in [2.45, 2.75) is 26.8 Å². The molecule has 1 aliphatic heterocycles. The lowest BCUT2D eigenvalue weighted by Gasteiger charge is -2.28. The predicted octanol–water partition coefficient (Wildman–Crippen LogP) is 3.04. The molecule has 0 atom stereocenters. The quantitative estimate of drug-likeness (QED) is 0.739. The zero-order chi connectivity index (χ0) is 20.5. The van der Waals surface area contributed by atoms with E-state index in [2.05, 4.69) is 15.3 Å². The molecule has 8 nitrogen and oxygen atoms in total. The molecule has 0 bridgehead atoms. The first-order chi connectivity index (χ1) is 14.0. The Balaban J connectivity index is 1.56. The van der Waals surface area contributed by atoms with E-state index in [1.54, 1.807) is 24.2 Å². The van der Waals surface area contributed by atoms with Gasteiger partial charge in [0.05, 0.1) is 29.7 Å². The van der Waals surface area contributed by atoms with Crippen molar-refractivity contribution in [1.29, 1.82) is 0 Å². The van der Waals surface area contributed by atoms with E-state index in [1.165, 1.54) is 0 Å². The van der Waals surface area contributed by atoms with Crippen LogP contribution in [0.1, 0.15) is 34.2 Å². The minimum Gasteiger partial charge on any atom is -0.450 e. The van der Waals surface area contributed by atoms with Crippen molar-refractivity contribution in [3.8, 4) is 0 Å². The van der Waals surface area contributed by atoms with E-state index in [-0.39, 0.29) is 12.0 Å². The maximum atomic E-state index is 12.9. The van der Waals surface area contributed by atoms with Gasteiger partial charge in [-0.2, -0.15) is 0 Å². The van der Waals surface area contributed by atoms with Crippen LogP contribution in [0.15, 0.2) is 30.6 Å². The fraction of sp³-hybridized carbons (Fsp3) is 0.333. The van der Waals surface area contributed by atoms with Gasteiger partial charge in [0.15, 0.2) is 0 Å². The Morgan fingerprint density at radius 3 is 2.90 bits per heavy atom. The number of nitrogens with one attached hydrogen (secondary N) is 1. The highest BCUT2D eigenvalue weighted by Crippen LogP contribution is 2.24. The summed E-state index contributed by atoms with van der Waals surface area (Å²) < 4.78 is 7.09. The van der Waals surface area contributed by atoms with Crippen LogP contribution in [0, 0.1) is 6.92 Å². The number of carbonyl (C=O) groups excluding carboxylic acids is 2. The molecule has 0 radical (unpaired) electrons. The van der Waals surface area contributed by atoms with E-state index in [4.69, 9.17) is 4.74 Å². The van der Waals surface area contributed by atoms with Crippen LogP contribution in [0.4, 0.5) is 10.5 Å². The van der Waals surface area contributed by atoms with Crippen LogP contribution in [0.2, 0.25) is 0 Å². The summed E-state index contributed by atoms with van der Waals surface area (Å²) in [5, 5.41) is 2.95.